The van der Waals surface area contributed by atoms with Gasteiger partial charge in [0.25, 0.3) is 0 Å². The van der Waals surface area contributed by atoms with E-state index in [4.69, 9.17) is 9.97 Å². The molecule has 3 aromatic heterocycles. The van der Waals surface area contributed by atoms with E-state index in [1.165, 1.54) is 32.8 Å². The highest BCUT2D eigenvalue weighted by molar-refractivity contribution is 6.26. The zero-order chi connectivity index (χ0) is 42.4. The van der Waals surface area contributed by atoms with Crippen LogP contribution >= 0.6 is 0 Å². The van der Waals surface area contributed by atoms with Gasteiger partial charge >= 0.3 is 0 Å². The molecule has 0 saturated heterocycles. The number of anilines is 3. The van der Waals surface area contributed by atoms with Crippen molar-refractivity contribution in [3.63, 3.8) is 0 Å². The zero-order valence-corrected chi connectivity index (χ0v) is 34.9. The van der Waals surface area contributed by atoms with Crippen LogP contribution in [0.2, 0.25) is 0 Å². The summed E-state index contributed by atoms with van der Waals surface area (Å²) in [5.74, 6) is 0. The molecule has 0 unspecified atom stereocenters. The summed E-state index contributed by atoms with van der Waals surface area (Å²) in [5, 5.41) is 7.11. The number of para-hydroxylation sites is 3. The Labute approximate surface area is 371 Å². The Morgan fingerprint density at radius 2 is 0.766 bits per heavy atom. The van der Waals surface area contributed by atoms with Gasteiger partial charge in [0.2, 0.25) is 0 Å². The fourth-order valence-electron chi connectivity index (χ4n) is 9.82. The predicted molar refractivity (Wildman–Crippen MR) is 268 cm³/mol. The lowest BCUT2D eigenvalue weighted by atomic mass is 9.82. The van der Waals surface area contributed by atoms with E-state index in [0.29, 0.717) is 0 Å². The highest BCUT2D eigenvalue weighted by Gasteiger charge is 2.26. The molecule has 9 aromatic carbocycles. The van der Waals surface area contributed by atoms with Crippen molar-refractivity contribution in [1.29, 1.82) is 0 Å². The molecular weight excluding hydrogens is 777 g/mol. The minimum atomic E-state index is 0.929. The first-order chi connectivity index (χ1) is 31.8. The molecule has 0 bridgehead atoms. The molecule has 0 aliphatic rings. The Bertz CT molecular complexity index is 3600. The average Bonchev–Trinajstić information content (AvgIpc) is 3.71. The van der Waals surface area contributed by atoms with Crippen LogP contribution in [0.4, 0.5) is 17.1 Å². The van der Waals surface area contributed by atoms with Crippen LogP contribution in [-0.2, 0) is 0 Å². The third-order valence-electron chi connectivity index (χ3n) is 12.5. The van der Waals surface area contributed by atoms with Gasteiger partial charge in [-0.05, 0) is 112 Å². The zero-order valence-electron chi connectivity index (χ0n) is 34.9. The highest BCUT2D eigenvalue weighted by atomic mass is 15.1. The van der Waals surface area contributed by atoms with Crippen molar-refractivity contribution in [3.05, 3.63) is 243 Å². The lowest BCUT2D eigenvalue weighted by Crippen LogP contribution is -2.11. The van der Waals surface area contributed by atoms with Crippen molar-refractivity contribution in [2.45, 2.75) is 0 Å². The van der Waals surface area contributed by atoms with Gasteiger partial charge in [-0.1, -0.05) is 152 Å². The van der Waals surface area contributed by atoms with Gasteiger partial charge in [0.15, 0.2) is 0 Å². The Morgan fingerprint density at radius 3 is 1.34 bits per heavy atom. The summed E-state index contributed by atoms with van der Waals surface area (Å²) in [6.07, 6.45) is 3.76. The van der Waals surface area contributed by atoms with Gasteiger partial charge in [-0.2, -0.15) is 0 Å². The van der Waals surface area contributed by atoms with Gasteiger partial charge < -0.3 is 9.47 Å². The van der Waals surface area contributed by atoms with Crippen LogP contribution in [-0.4, -0.2) is 14.5 Å². The molecule has 0 amide bonds. The van der Waals surface area contributed by atoms with E-state index in [-0.39, 0.29) is 0 Å². The third-order valence-corrected chi connectivity index (χ3v) is 12.5. The normalized spacial score (nSPS) is 11.4. The summed E-state index contributed by atoms with van der Waals surface area (Å²) in [4.78, 5) is 12.2. The second-order valence-electron chi connectivity index (χ2n) is 16.1. The second kappa shape index (κ2) is 15.7. The monoisotopic (exact) mass is 816 g/mol. The molecule has 0 saturated carbocycles. The van der Waals surface area contributed by atoms with Gasteiger partial charge in [0, 0.05) is 62.3 Å². The summed E-state index contributed by atoms with van der Waals surface area (Å²) < 4.78 is 2.38. The van der Waals surface area contributed by atoms with Gasteiger partial charge in [-0.3, -0.25) is 9.97 Å². The fourth-order valence-corrected chi connectivity index (χ4v) is 9.82. The molecule has 4 nitrogen and oxygen atoms in total. The van der Waals surface area contributed by atoms with E-state index in [2.05, 4.69) is 228 Å². The first-order valence-corrected chi connectivity index (χ1v) is 21.7. The molecule has 0 radical (unpaired) electrons. The van der Waals surface area contributed by atoms with Gasteiger partial charge in [0.1, 0.15) is 0 Å². The van der Waals surface area contributed by atoms with E-state index >= 15 is 0 Å². The Kier molecular flexibility index (Phi) is 9.12. The van der Waals surface area contributed by atoms with Crippen LogP contribution in [0.1, 0.15) is 0 Å². The van der Waals surface area contributed by atoms with Crippen molar-refractivity contribution < 1.29 is 0 Å². The number of benzene rings is 9. The number of rotatable bonds is 8. The molecular formula is C60H40N4. The minimum Gasteiger partial charge on any atom is -0.310 e. The minimum absolute atomic E-state index is 0.929. The summed E-state index contributed by atoms with van der Waals surface area (Å²) in [6.45, 7) is 0. The van der Waals surface area contributed by atoms with E-state index in [9.17, 15) is 0 Å². The molecule has 300 valence electrons. The number of hydrogen-bond donors (Lipinski definition) is 0. The summed E-state index contributed by atoms with van der Waals surface area (Å²) in [6, 6.07) is 82.6. The van der Waals surface area contributed by atoms with Crippen LogP contribution in [0.15, 0.2) is 243 Å². The third kappa shape index (κ3) is 6.15. The van der Waals surface area contributed by atoms with Crippen molar-refractivity contribution in [3.8, 4) is 50.5 Å². The molecule has 4 heteroatoms. The number of nitrogens with zero attached hydrogens (tertiary/aromatic N) is 4. The second-order valence-corrected chi connectivity index (χ2v) is 16.1. The Hall–Kier alpha value is -8.60. The highest BCUT2D eigenvalue weighted by Crippen LogP contribution is 2.52. The summed E-state index contributed by atoms with van der Waals surface area (Å²) in [7, 11) is 0. The van der Waals surface area contributed by atoms with Gasteiger partial charge in [0.05, 0.1) is 28.1 Å². The van der Waals surface area contributed by atoms with Crippen molar-refractivity contribution in [2.75, 3.05) is 4.90 Å². The molecule has 12 aromatic rings. The topological polar surface area (TPSA) is 34.0 Å². The predicted octanol–water partition coefficient (Wildman–Crippen LogP) is 16.0. The number of pyridine rings is 2. The molecule has 0 aliphatic carbocycles. The number of aromatic nitrogens is 3. The first-order valence-electron chi connectivity index (χ1n) is 21.7. The molecule has 0 N–H and O–H groups in total. The van der Waals surface area contributed by atoms with Crippen LogP contribution in [0.5, 0.6) is 0 Å². The van der Waals surface area contributed by atoms with Crippen molar-refractivity contribution in [1.82, 2.24) is 14.5 Å². The standard InChI is InChI=1S/C60H40N4/c1-2-19-41(20-3-1)63(42-35-37-43(38-36-42)64-55-32-12-10-23-46(55)47-24-11-13-33-56(47)64)57-34-18-29-52-58(48-25-6-4-21-44(48)53-30-14-16-39-61-53)50-27-8-9-28-51(50)59(60(52)57)49-26-7-5-22-45(49)54-31-15-17-40-62-54/h1-40H. The maximum absolute atomic E-state index is 4.91. The van der Waals surface area contributed by atoms with E-state index in [1.54, 1.807) is 0 Å². The van der Waals surface area contributed by atoms with E-state index in [0.717, 1.165) is 78.1 Å². The molecule has 3 heterocycles. The molecule has 0 spiro atoms. The van der Waals surface area contributed by atoms with Gasteiger partial charge in [-0.25, -0.2) is 0 Å². The first kappa shape index (κ1) is 37.2. The molecule has 12 rings (SSSR count). The smallest absolute Gasteiger partial charge is 0.0708 e. The van der Waals surface area contributed by atoms with Gasteiger partial charge in [-0.15, -0.1) is 0 Å². The number of fused-ring (bicyclic) bond motifs is 5. The lowest BCUT2D eigenvalue weighted by Gasteiger charge is -2.30. The largest absolute Gasteiger partial charge is 0.310 e. The van der Waals surface area contributed by atoms with E-state index < -0.39 is 0 Å². The molecule has 0 fully saturated rings. The van der Waals surface area contributed by atoms with Crippen LogP contribution in [0.3, 0.4) is 0 Å². The van der Waals surface area contributed by atoms with Crippen LogP contribution < -0.4 is 4.90 Å². The Balaban J connectivity index is 1.18. The summed E-state index contributed by atoms with van der Waals surface area (Å²) >= 11 is 0. The van der Waals surface area contributed by atoms with E-state index in [1.807, 2.05) is 24.5 Å². The fraction of sp³-hybridized carbons (Fsp3) is 0. The maximum atomic E-state index is 4.91. The molecule has 64 heavy (non-hydrogen) atoms. The molecule has 0 aliphatic heterocycles. The van der Waals surface area contributed by atoms with Crippen LogP contribution in [0, 0.1) is 0 Å². The maximum Gasteiger partial charge on any atom is 0.0708 e. The summed E-state index contributed by atoms with van der Waals surface area (Å²) in [5.41, 5.74) is 15.3. The lowest BCUT2D eigenvalue weighted by molar-refractivity contribution is 1.17. The van der Waals surface area contributed by atoms with Crippen molar-refractivity contribution >= 4 is 60.4 Å². The molecule has 0 atom stereocenters. The van der Waals surface area contributed by atoms with Crippen molar-refractivity contribution in [2.24, 2.45) is 0 Å². The average molecular weight is 817 g/mol. The Morgan fingerprint density at radius 1 is 0.312 bits per heavy atom. The quantitative estimate of drug-likeness (QED) is 0.143. The number of hydrogen-bond acceptors (Lipinski definition) is 3. The SMILES string of the molecule is c1ccc(N(c2ccc(-n3c4ccccc4c4ccccc43)cc2)c2cccc3c(-c4ccccc4-c4ccccn4)c4ccccc4c(-c4ccccc4-c4ccccn4)c23)cc1. The van der Waals surface area contributed by atoms with Crippen LogP contribution in [0.25, 0.3) is 93.8 Å².